The zero-order valence-electron chi connectivity index (χ0n) is 14.1. The number of nitrogens with zero attached hydrogens (tertiary/aromatic N) is 2. The summed E-state index contributed by atoms with van der Waals surface area (Å²) in [5.41, 5.74) is 1.06. The molecule has 0 bridgehead atoms. The summed E-state index contributed by atoms with van der Waals surface area (Å²) in [6.45, 7) is 12.4. The number of aromatic nitrogens is 1. The SMILES string of the molecule is C=C(OC(C)(C)C)N1CCC(C/C=C/c2ccncc2)CC1. The molecule has 0 unspecified atom stereocenters. The van der Waals surface area contributed by atoms with Crippen molar-refractivity contribution in [3.63, 3.8) is 0 Å². The maximum atomic E-state index is 5.86. The van der Waals surface area contributed by atoms with Crippen LogP contribution in [0.5, 0.6) is 0 Å². The van der Waals surface area contributed by atoms with E-state index in [-0.39, 0.29) is 5.60 Å². The molecule has 1 aromatic rings. The summed E-state index contributed by atoms with van der Waals surface area (Å²) in [6, 6.07) is 4.07. The number of piperidine rings is 1. The van der Waals surface area contributed by atoms with E-state index >= 15 is 0 Å². The first kappa shape index (κ1) is 16.6. The smallest absolute Gasteiger partial charge is 0.182 e. The van der Waals surface area contributed by atoms with E-state index < -0.39 is 0 Å². The van der Waals surface area contributed by atoms with Crippen LogP contribution in [0.25, 0.3) is 6.08 Å². The van der Waals surface area contributed by atoms with Gasteiger partial charge in [0.2, 0.25) is 0 Å². The molecule has 0 radical (unpaired) electrons. The first-order valence-electron chi connectivity index (χ1n) is 8.13. The van der Waals surface area contributed by atoms with Crippen LogP contribution in [-0.4, -0.2) is 28.6 Å². The molecule has 0 aliphatic carbocycles. The van der Waals surface area contributed by atoms with E-state index in [0.717, 1.165) is 31.3 Å². The molecule has 0 saturated carbocycles. The Labute approximate surface area is 134 Å². The lowest BCUT2D eigenvalue weighted by molar-refractivity contribution is -0.00533. The van der Waals surface area contributed by atoms with Gasteiger partial charge in [0.1, 0.15) is 5.60 Å². The van der Waals surface area contributed by atoms with E-state index in [1.807, 2.05) is 24.5 Å². The van der Waals surface area contributed by atoms with Crippen LogP contribution >= 0.6 is 0 Å². The maximum absolute atomic E-state index is 5.86. The zero-order valence-corrected chi connectivity index (χ0v) is 14.1. The van der Waals surface area contributed by atoms with Crippen LogP contribution in [-0.2, 0) is 4.74 Å². The Balaban J connectivity index is 1.73. The monoisotopic (exact) mass is 300 g/mol. The van der Waals surface area contributed by atoms with Crippen molar-refractivity contribution in [2.75, 3.05) is 13.1 Å². The Kier molecular flexibility index (Phi) is 5.64. The summed E-state index contributed by atoms with van der Waals surface area (Å²) >= 11 is 0. The molecule has 0 spiro atoms. The van der Waals surface area contributed by atoms with Gasteiger partial charge in [-0.25, -0.2) is 0 Å². The largest absolute Gasteiger partial charge is 0.474 e. The lowest BCUT2D eigenvalue weighted by Gasteiger charge is -2.36. The van der Waals surface area contributed by atoms with E-state index in [4.69, 9.17) is 4.74 Å². The van der Waals surface area contributed by atoms with Gasteiger partial charge in [0.25, 0.3) is 0 Å². The minimum atomic E-state index is -0.165. The number of hydrogen-bond donors (Lipinski definition) is 0. The molecule has 1 saturated heterocycles. The van der Waals surface area contributed by atoms with Crippen LogP contribution < -0.4 is 0 Å². The van der Waals surface area contributed by atoms with E-state index in [0.29, 0.717) is 0 Å². The van der Waals surface area contributed by atoms with Gasteiger partial charge in [0.05, 0.1) is 0 Å². The van der Waals surface area contributed by atoms with Crippen molar-refractivity contribution in [1.29, 1.82) is 0 Å². The molecule has 2 rings (SSSR count). The van der Waals surface area contributed by atoms with Crippen LogP contribution in [0.1, 0.15) is 45.6 Å². The third-order valence-corrected chi connectivity index (χ3v) is 3.88. The molecule has 120 valence electrons. The highest BCUT2D eigenvalue weighted by atomic mass is 16.5. The predicted octanol–water partition coefficient (Wildman–Crippen LogP) is 4.48. The fraction of sp³-hybridized carbons (Fsp3) is 0.526. The number of pyridine rings is 1. The summed E-state index contributed by atoms with van der Waals surface area (Å²) in [6.07, 6.45) is 11.7. The Bertz CT molecular complexity index is 494. The van der Waals surface area contributed by atoms with Crippen molar-refractivity contribution in [2.24, 2.45) is 5.92 Å². The van der Waals surface area contributed by atoms with E-state index in [1.165, 1.54) is 18.4 Å². The van der Waals surface area contributed by atoms with Gasteiger partial charge in [0, 0.05) is 25.5 Å². The molecule has 22 heavy (non-hydrogen) atoms. The summed E-state index contributed by atoms with van der Waals surface area (Å²) < 4.78 is 5.86. The van der Waals surface area contributed by atoms with E-state index in [9.17, 15) is 0 Å². The molecule has 2 heterocycles. The number of allylic oxidation sites excluding steroid dienone is 1. The Morgan fingerprint density at radius 1 is 1.32 bits per heavy atom. The molecule has 1 aromatic heterocycles. The van der Waals surface area contributed by atoms with Crippen molar-refractivity contribution in [3.8, 4) is 0 Å². The fourth-order valence-electron chi connectivity index (χ4n) is 2.71. The van der Waals surface area contributed by atoms with Crippen molar-refractivity contribution in [1.82, 2.24) is 9.88 Å². The molecule has 0 aromatic carbocycles. The van der Waals surface area contributed by atoms with Crippen molar-refractivity contribution >= 4 is 6.08 Å². The molecule has 1 aliphatic rings. The van der Waals surface area contributed by atoms with Gasteiger partial charge in [0.15, 0.2) is 5.88 Å². The zero-order chi connectivity index (χ0) is 16.0. The lowest BCUT2D eigenvalue weighted by Crippen LogP contribution is -2.36. The molecule has 0 N–H and O–H groups in total. The van der Waals surface area contributed by atoms with Crippen LogP contribution in [0.3, 0.4) is 0 Å². The summed E-state index contributed by atoms with van der Waals surface area (Å²) in [7, 11) is 0. The van der Waals surface area contributed by atoms with Crippen molar-refractivity contribution in [3.05, 3.63) is 48.6 Å². The number of ether oxygens (including phenoxy) is 1. The molecule has 0 atom stereocenters. The Morgan fingerprint density at radius 2 is 1.95 bits per heavy atom. The van der Waals surface area contributed by atoms with Crippen molar-refractivity contribution < 1.29 is 4.74 Å². The third-order valence-electron chi connectivity index (χ3n) is 3.88. The lowest BCUT2D eigenvalue weighted by atomic mass is 9.93. The molecule has 3 heteroatoms. The quantitative estimate of drug-likeness (QED) is 0.750. The Hall–Kier alpha value is -1.77. The maximum Gasteiger partial charge on any atom is 0.182 e. The number of rotatable bonds is 5. The molecule has 0 amide bonds. The molecular weight excluding hydrogens is 272 g/mol. The van der Waals surface area contributed by atoms with Crippen LogP contribution in [0.15, 0.2) is 43.1 Å². The van der Waals surface area contributed by atoms with E-state index in [2.05, 4.69) is 49.4 Å². The Morgan fingerprint density at radius 3 is 2.55 bits per heavy atom. The highest BCUT2D eigenvalue weighted by molar-refractivity contribution is 5.47. The van der Waals surface area contributed by atoms with Crippen molar-refractivity contribution in [2.45, 2.75) is 45.6 Å². The molecular formula is C19H28N2O. The number of likely N-dealkylation sites (tertiary alicyclic amines) is 1. The van der Waals surface area contributed by atoms with Gasteiger partial charge < -0.3 is 9.64 Å². The minimum absolute atomic E-state index is 0.165. The van der Waals surface area contributed by atoms with Gasteiger partial charge in [-0.3, -0.25) is 4.98 Å². The minimum Gasteiger partial charge on any atom is -0.474 e. The topological polar surface area (TPSA) is 25.4 Å². The summed E-state index contributed by atoms with van der Waals surface area (Å²) in [5, 5.41) is 0. The van der Waals surface area contributed by atoms with Gasteiger partial charge in [-0.1, -0.05) is 12.2 Å². The second-order valence-corrected chi connectivity index (χ2v) is 6.96. The first-order valence-corrected chi connectivity index (χ1v) is 8.13. The normalized spacial score (nSPS) is 17.0. The van der Waals surface area contributed by atoms with Gasteiger partial charge >= 0.3 is 0 Å². The second-order valence-electron chi connectivity index (χ2n) is 6.96. The highest BCUT2D eigenvalue weighted by Gasteiger charge is 2.22. The predicted molar refractivity (Wildman–Crippen MR) is 92.2 cm³/mol. The highest BCUT2D eigenvalue weighted by Crippen LogP contribution is 2.25. The molecule has 3 nitrogen and oxygen atoms in total. The third kappa shape index (κ3) is 5.55. The molecule has 1 fully saturated rings. The van der Waals surface area contributed by atoms with Gasteiger partial charge in [-0.15, -0.1) is 0 Å². The standard InChI is InChI=1S/C19H28N2O/c1-16(22-19(2,3)4)21-14-10-18(11-15-21)7-5-6-17-8-12-20-13-9-17/h5-6,8-9,12-13,18H,1,7,10-11,14-15H2,2-4H3/b6-5+. The van der Waals surface area contributed by atoms with Crippen LogP contribution in [0, 0.1) is 5.92 Å². The fourth-order valence-corrected chi connectivity index (χ4v) is 2.71. The van der Waals surface area contributed by atoms with Gasteiger partial charge in [-0.05, 0) is 70.2 Å². The van der Waals surface area contributed by atoms with Gasteiger partial charge in [-0.2, -0.15) is 0 Å². The summed E-state index contributed by atoms with van der Waals surface area (Å²) in [5.74, 6) is 1.58. The number of hydrogen-bond acceptors (Lipinski definition) is 3. The first-order chi connectivity index (χ1) is 10.4. The van der Waals surface area contributed by atoms with Crippen LogP contribution in [0.4, 0.5) is 0 Å². The molecule has 1 aliphatic heterocycles. The van der Waals surface area contributed by atoms with E-state index in [1.54, 1.807) is 0 Å². The average molecular weight is 300 g/mol. The second kappa shape index (κ2) is 7.48. The summed E-state index contributed by atoms with van der Waals surface area (Å²) in [4.78, 5) is 6.31. The van der Waals surface area contributed by atoms with Crippen LogP contribution in [0.2, 0.25) is 0 Å². The average Bonchev–Trinajstić information content (AvgIpc) is 2.47.